The fraction of sp³-hybridized carbons (Fsp3) is 0.750. The molecular weight excluding hydrogens is 118 g/mol. The highest BCUT2D eigenvalue weighted by atomic mass is 15.6. The second-order valence-electron chi connectivity index (χ2n) is 1.74. The van der Waals surface area contributed by atoms with Gasteiger partial charge in [0.05, 0.1) is 0 Å². The normalized spacial score (nSPS) is 10.0. The van der Waals surface area contributed by atoms with Crippen LogP contribution in [0.3, 0.4) is 0 Å². The molecule has 0 aliphatic heterocycles. The van der Waals surface area contributed by atoms with Gasteiger partial charge in [-0.2, -0.15) is 0 Å². The number of nitrogens with zero attached hydrogens (tertiary/aromatic N) is 4. The molecule has 0 atom stereocenters. The van der Waals surface area contributed by atoms with E-state index >= 15 is 0 Å². The van der Waals surface area contributed by atoms with Crippen molar-refractivity contribution in [3.8, 4) is 0 Å². The average molecular weight is 127 g/mol. The van der Waals surface area contributed by atoms with E-state index in [1.807, 2.05) is 6.92 Å². The highest BCUT2D eigenvalue weighted by molar-refractivity contribution is 4.45. The van der Waals surface area contributed by atoms with Crippen LogP contribution < -0.4 is 5.62 Å². The minimum absolute atomic E-state index is 0.331. The van der Waals surface area contributed by atoms with Gasteiger partial charge in [-0.3, -0.25) is 5.41 Å². The average Bonchev–Trinajstić information content (AvgIpc) is 2.15. The molecule has 1 rings (SSSR count). The first-order valence-corrected chi connectivity index (χ1v) is 2.77. The third-order valence-electron chi connectivity index (χ3n) is 1.13. The lowest BCUT2D eigenvalue weighted by Gasteiger charge is -1.87. The molecule has 0 saturated heterocycles. The summed E-state index contributed by atoms with van der Waals surface area (Å²) >= 11 is 0. The van der Waals surface area contributed by atoms with Gasteiger partial charge >= 0.3 is 0 Å². The van der Waals surface area contributed by atoms with Gasteiger partial charge in [-0.05, 0) is 17.4 Å². The highest BCUT2D eigenvalue weighted by Crippen LogP contribution is 1.66. The predicted molar refractivity (Wildman–Crippen MR) is 30.5 cm³/mol. The molecular formula is C4H9N5. The molecule has 0 bridgehead atoms. The molecule has 0 spiro atoms. The molecule has 0 unspecified atom stereocenters. The number of hydrogen-bond donors (Lipinski definition) is 1. The molecule has 0 radical (unpaired) electrons. The molecule has 1 heterocycles. The maximum atomic E-state index is 7.28. The minimum atomic E-state index is 0.331. The molecule has 0 amide bonds. The molecule has 1 aromatic heterocycles. The standard InChI is InChI=1S/C4H9N5/c1-3-9-4(5)8(2)6-7-9/h5H,3H2,1-2H3. The Morgan fingerprint density at radius 2 is 2.22 bits per heavy atom. The summed E-state index contributed by atoms with van der Waals surface area (Å²) in [6, 6.07) is 0. The van der Waals surface area contributed by atoms with Crippen LogP contribution >= 0.6 is 0 Å². The Morgan fingerprint density at radius 3 is 2.44 bits per heavy atom. The van der Waals surface area contributed by atoms with Gasteiger partial charge < -0.3 is 0 Å². The van der Waals surface area contributed by atoms with Crippen molar-refractivity contribution in [2.24, 2.45) is 7.05 Å². The van der Waals surface area contributed by atoms with E-state index < -0.39 is 0 Å². The summed E-state index contributed by atoms with van der Waals surface area (Å²) in [4.78, 5) is 0. The van der Waals surface area contributed by atoms with Crippen LogP contribution in [0, 0.1) is 5.41 Å². The fourth-order valence-corrected chi connectivity index (χ4v) is 0.573. The predicted octanol–water partition coefficient (Wildman–Crippen LogP) is -0.884. The van der Waals surface area contributed by atoms with Crippen molar-refractivity contribution in [2.45, 2.75) is 13.5 Å². The van der Waals surface area contributed by atoms with Crippen molar-refractivity contribution in [2.75, 3.05) is 0 Å². The van der Waals surface area contributed by atoms with Gasteiger partial charge in [-0.1, -0.05) is 0 Å². The topological polar surface area (TPSA) is 59.5 Å². The van der Waals surface area contributed by atoms with Gasteiger partial charge in [-0.25, -0.2) is 9.36 Å². The summed E-state index contributed by atoms with van der Waals surface area (Å²) in [6.45, 7) is 2.62. The van der Waals surface area contributed by atoms with Gasteiger partial charge in [0.2, 0.25) is 5.62 Å². The Kier molecular flexibility index (Phi) is 1.33. The summed E-state index contributed by atoms with van der Waals surface area (Å²) < 4.78 is 2.93. The molecule has 0 saturated carbocycles. The number of nitrogens with one attached hydrogen (secondary N) is 1. The van der Waals surface area contributed by atoms with E-state index in [0.717, 1.165) is 0 Å². The maximum Gasteiger partial charge on any atom is 0.238 e. The van der Waals surface area contributed by atoms with Crippen LogP contribution in [0.4, 0.5) is 0 Å². The number of aromatic nitrogens is 4. The zero-order valence-corrected chi connectivity index (χ0v) is 5.50. The van der Waals surface area contributed by atoms with E-state index in [1.165, 1.54) is 9.36 Å². The Balaban J connectivity index is 3.20. The summed E-state index contributed by atoms with van der Waals surface area (Å²) in [5.41, 5.74) is 0.331. The SMILES string of the molecule is CCn1nnn(C)c1=N. The quantitative estimate of drug-likeness (QED) is 0.532. The van der Waals surface area contributed by atoms with E-state index in [9.17, 15) is 0 Å². The summed E-state index contributed by atoms with van der Waals surface area (Å²) in [5, 5.41) is 14.6. The number of hydrogen-bond acceptors (Lipinski definition) is 3. The molecule has 50 valence electrons. The van der Waals surface area contributed by atoms with Crippen molar-refractivity contribution in [1.82, 2.24) is 19.8 Å². The number of rotatable bonds is 1. The Labute approximate surface area is 52.4 Å². The largest absolute Gasteiger partial charge is 0.266 e. The van der Waals surface area contributed by atoms with Gasteiger partial charge in [0.25, 0.3) is 0 Å². The van der Waals surface area contributed by atoms with Crippen molar-refractivity contribution in [1.29, 1.82) is 5.41 Å². The first-order valence-electron chi connectivity index (χ1n) is 2.77. The first kappa shape index (κ1) is 6.00. The van der Waals surface area contributed by atoms with Crippen molar-refractivity contribution in [3.05, 3.63) is 5.62 Å². The third-order valence-corrected chi connectivity index (χ3v) is 1.13. The zero-order chi connectivity index (χ0) is 6.85. The second-order valence-corrected chi connectivity index (χ2v) is 1.74. The van der Waals surface area contributed by atoms with E-state index in [-0.39, 0.29) is 0 Å². The molecule has 9 heavy (non-hydrogen) atoms. The van der Waals surface area contributed by atoms with Gasteiger partial charge in [-0.15, -0.1) is 0 Å². The Bertz CT molecular complexity index is 244. The fourth-order valence-electron chi connectivity index (χ4n) is 0.573. The number of aryl methyl sites for hydroxylation is 2. The van der Waals surface area contributed by atoms with Crippen LogP contribution in [-0.4, -0.2) is 19.8 Å². The van der Waals surface area contributed by atoms with Gasteiger partial charge in [0.1, 0.15) is 0 Å². The lowest BCUT2D eigenvalue weighted by atomic mass is 10.8. The first-order chi connectivity index (χ1) is 4.25. The van der Waals surface area contributed by atoms with Crippen molar-refractivity contribution >= 4 is 0 Å². The van der Waals surface area contributed by atoms with Gasteiger partial charge in [0, 0.05) is 13.6 Å². The van der Waals surface area contributed by atoms with Crippen LogP contribution in [0.1, 0.15) is 6.92 Å². The van der Waals surface area contributed by atoms with Crippen molar-refractivity contribution in [3.63, 3.8) is 0 Å². The molecule has 0 aliphatic rings. The van der Waals surface area contributed by atoms with Gasteiger partial charge in [0.15, 0.2) is 0 Å². The van der Waals surface area contributed by atoms with Crippen LogP contribution in [-0.2, 0) is 13.6 Å². The lowest BCUT2D eigenvalue weighted by Crippen LogP contribution is -2.22. The highest BCUT2D eigenvalue weighted by Gasteiger charge is 1.93. The smallest absolute Gasteiger partial charge is 0.238 e. The van der Waals surface area contributed by atoms with E-state index in [4.69, 9.17) is 5.41 Å². The lowest BCUT2D eigenvalue weighted by molar-refractivity contribution is 0.594. The second kappa shape index (κ2) is 2.00. The zero-order valence-electron chi connectivity index (χ0n) is 5.50. The molecule has 1 aromatic rings. The van der Waals surface area contributed by atoms with Crippen LogP contribution in [0.2, 0.25) is 0 Å². The summed E-state index contributed by atoms with van der Waals surface area (Å²) in [6.07, 6.45) is 0. The van der Waals surface area contributed by atoms with Crippen LogP contribution in [0.5, 0.6) is 0 Å². The molecule has 1 N–H and O–H groups in total. The number of tetrazole rings is 1. The minimum Gasteiger partial charge on any atom is -0.266 e. The van der Waals surface area contributed by atoms with Crippen molar-refractivity contribution < 1.29 is 0 Å². The molecule has 0 aromatic carbocycles. The third kappa shape index (κ3) is 0.847. The van der Waals surface area contributed by atoms with Crippen LogP contribution in [0.25, 0.3) is 0 Å². The van der Waals surface area contributed by atoms with E-state index in [1.54, 1.807) is 7.05 Å². The van der Waals surface area contributed by atoms with E-state index in [2.05, 4.69) is 10.4 Å². The maximum absolute atomic E-state index is 7.28. The molecule has 5 heteroatoms. The monoisotopic (exact) mass is 127 g/mol. The molecule has 0 fully saturated rings. The summed E-state index contributed by atoms with van der Waals surface area (Å²) in [7, 11) is 1.70. The Morgan fingerprint density at radius 1 is 1.56 bits per heavy atom. The molecule has 5 nitrogen and oxygen atoms in total. The van der Waals surface area contributed by atoms with E-state index in [0.29, 0.717) is 12.2 Å². The summed E-state index contributed by atoms with van der Waals surface area (Å²) in [5.74, 6) is 0. The van der Waals surface area contributed by atoms with Crippen LogP contribution in [0.15, 0.2) is 0 Å². The molecule has 0 aliphatic carbocycles. The Hall–Kier alpha value is -1.13.